The van der Waals surface area contributed by atoms with Crippen molar-refractivity contribution in [3.8, 4) is 0 Å². The standard InChI is InChI=1S/C12H18N2S2/c15-8-10-12(9-3-4-9)13-11(16-10)7-14-5-1-2-6-14/h9,15H,1-8H2. The van der Waals surface area contributed by atoms with E-state index in [1.165, 1.54) is 54.4 Å². The van der Waals surface area contributed by atoms with E-state index in [1.807, 2.05) is 11.3 Å². The van der Waals surface area contributed by atoms with Crippen molar-refractivity contribution in [1.29, 1.82) is 0 Å². The second-order valence-electron chi connectivity index (χ2n) is 4.83. The minimum atomic E-state index is 0.769. The molecule has 16 heavy (non-hydrogen) atoms. The van der Waals surface area contributed by atoms with Gasteiger partial charge in [0.05, 0.1) is 12.2 Å². The Morgan fingerprint density at radius 1 is 1.31 bits per heavy atom. The Labute approximate surface area is 106 Å². The van der Waals surface area contributed by atoms with Crippen LogP contribution in [0.3, 0.4) is 0 Å². The summed E-state index contributed by atoms with van der Waals surface area (Å²) < 4.78 is 0. The van der Waals surface area contributed by atoms with Crippen molar-refractivity contribution in [2.45, 2.75) is 43.9 Å². The predicted molar refractivity (Wildman–Crippen MR) is 71.3 cm³/mol. The topological polar surface area (TPSA) is 16.1 Å². The van der Waals surface area contributed by atoms with Crippen molar-refractivity contribution < 1.29 is 0 Å². The number of likely N-dealkylation sites (tertiary alicyclic amines) is 1. The molecule has 1 saturated carbocycles. The highest BCUT2D eigenvalue weighted by Gasteiger charge is 2.29. The highest BCUT2D eigenvalue weighted by molar-refractivity contribution is 7.79. The molecule has 0 amide bonds. The van der Waals surface area contributed by atoms with E-state index < -0.39 is 0 Å². The van der Waals surface area contributed by atoms with Crippen LogP contribution in [0, 0.1) is 0 Å². The number of nitrogens with zero attached hydrogens (tertiary/aromatic N) is 2. The lowest BCUT2D eigenvalue weighted by Gasteiger charge is -2.11. The molecule has 0 spiro atoms. The lowest BCUT2D eigenvalue weighted by atomic mass is 10.3. The molecule has 0 atom stereocenters. The zero-order chi connectivity index (χ0) is 11.0. The summed E-state index contributed by atoms with van der Waals surface area (Å²) in [6.07, 6.45) is 5.40. The maximum atomic E-state index is 4.83. The first-order valence-corrected chi connectivity index (χ1v) is 7.63. The summed E-state index contributed by atoms with van der Waals surface area (Å²) >= 11 is 6.31. The summed E-state index contributed by atoms with van der Waals surface area (Å²) in [6.45, 7) is 3.58. The van der Waals surface area contributed by atoms with E-state index in [0.29, 0.717) is 0 Å². The minimum Gasteiger partial charge on any atom is -0.297 e. The van der Waals surface area contributed by atoms with Gasteiger partial charge in [0, 0.05) is 16.5 Å². The average molecular weight is 254 g/mol. The van der Waals surface area contributed by atoms with Gasteiger partial charge < -0.3 is 0 Å². The third kappa shape index (κ3) is 2.29. The van der Waals surface area contributed by atoms with Crippen molar-refractivity contribution >= 4 is 24.0 Å². The summed E-state index contributed by atoms with van der Waals surface area (Å²) in [6, 6.07) is 0. The van der Waals surface area contributed by atoms with Crippen LogP contribution in [0.25, 0.3) is 0 Å². The molecule has 1 aliphatic heterocycles. The van der Waals surface area contributed by atoms with Gasteiger partial charge in [-0.3, -0.25) is 4.90 Å². The Morgan fingerprint density at radius 2 is 2.06 bits per heavy atom. The number of hydrogen-bond donors (Lipinski definition) is 1. The molecule has 3 rings (SSSR count). The molecule has 2 heterocycles. The highest BCUT2D eigenvalue weighted by atomic mass is 32.1. The smallest absolute Gasteiger partial charge is 0.107 e. The molecule has 0 aromatic carbocycles. The lowest BCUT2D eigenvalue weighted by molar-refractivity contribution is 0.330. The van der Waals surface area contributed by atoms with Gasteiger partial charge in [0.15, 0.2) is 0 Å². The van der Waals surface area contributed by atoms with Crippen LogP contribution in [0.2, 0.25) is 0 Å². The normalized spacial score (nSPS) is 21.8. The fraction of sp³-hybridized carbons (Fsp3) is 0.750. The molecule has 0 radical (unpaired) electrons. The van der Waals surface area contributed by atoms with E-state index in [-0.39, 0.29) is 0 Å². The molecule has 1 aromatic rings. The van der Waals surface area contributed by atoms with Crippen molar-refractivity contribution in [2.24, 2.45) is 0 Å². The van der Waals surface area contributed by atoms with Gasteiger partial charge in [-0.15, -0.1) is 11.3 Å². The van der Waals surface area contributed by atoms with Crippen LogP contribution in [0.5, 0.6) is 0 Å². The summed E-state index contributed by atoms with van der Waals surface area (Å²) in [7, 11) is 0. The molecule has 1 aromatic heterocycles. The second-order valence-corrected chi connectivity index (χ2v) is 6.32. The maximum absolute atomic E-state index is 4.83. The summed E-state index contributed by atoms with van der Waals surface area (Å²) in [5, 5.41) is 1.31. The van der Waals surface area contributed by atoms with Crippen molar-refractivity contribution in [3.05, 3.63) is 15.6 Å². The Kier molecular flexibility index (Phi) is 3.22. The first kappa shape index (κ1) is 11.1. The third-order valence-electron chi connectivity index (χ3n) is 3.44. The SMILES string of the molecule is SCc1sc(CN2CCCC2)nc1C1CC1. The van der Waals surface area contributed by atoms with Crippen molar-refractivity contribution in [2.75, 3.05) is 13.1 Å². The molecule has 0 bridgehead atoms. The van der Waals surface area contributed by atoms with Crippen molar-refractivity contribution in [3.63, 3.8) is 0 Å². The van der Waals surface area contributed by atoms with Gasteiger partial charge in [0.25, 0.3) is 0 Å². The molecular formula is C12H18N2S2. The quantitative estimate of drug-likeness (QED) is 0.831. The molecule has 88 valence electrons. The third-order valence-corrected chi connectivity index (χ3v) is 5.02. The molecule has 1 aliphatic carbocycles. The fourth-order valence-corrected chi connectivity index (χ4v) is 3.82. The van der Waals surface area contributed by atoms with Gasteiger partial charge in [0.2, 0.25) is 0 Å². The summed E-state index contributed by atoms with van der Waals surface area (Å²) in [5.41, 5.74) is 1.37. The molecule has 2 nitrogen and oxygen atoms in total. The predicted octanol–water partition coefficient (Wildman–Crippen LogP) is 3.05. The molecule has 2 fully saturated rings. The first-order valence-electron chi connectivity index (χ1n) is 6.18. The summed E-state index contributed by atoms with van der Waals surface area (Å²) in [5.74, 6) is 1.63. The van der Waals surface area contributed by atoms with Crippen LogP contribution in [0.15, 0.2) is 0 Å². The summed E-state index contributed by atoms with van der Waals surface area (Å²) in [4.78, 5) is 8.78. The molecular weight excluding hydrogens is 236 g/mol. The number of rotatable bonds is 4. The lowest BCUT2D eigenvalue weighted by Crippen LogP contribution is -2.18. The van der Waals surface area contributed by atoms with E-state index in [4.69, 9.17) is 4.98 Å². The van der Waals surface area contributed by atoms with Gasteiger partial charge in [-0.25, -0.2) is 4.98 Å². The van der Waals surface area contributed by atoms with Crippen molar-refractivity contribution in [1.82, 2.24) is 9.88 Å². The van der Waals surface area contributed by atoms with Crippen LogP contribution in [-0.4, -0.2) is 23.0 Å². The zero-order valence-electron chi connectivity index (χ0n) is 9.48. The first-order chi connectivity index (χ1) is 7.86. The highest BCUT2D eigenvalue weighted by Crippen LogP contribution is 2.43. The van der Waals surface area contributed by atoms with Crippen LogP contribution in [0.1, 0.15) is 47.2 Å². The fourth-order valence-electron chi connectivity index (χ4n) is 2.40. The van der Waals surface area contributed by atoms with E-state index >= 15 is 0 Å². The number of thiazole rings is 1. The Balaban J connectivity index is 1.73. The minimum absolute atomic E-state index is 0.769. The molecule has 4 heteroatoms. The van der Waals surface area contributed by atoms with Gasteiger partial charge >= 0.3 is 0 Å². The maximum Gasteiger partial charge on any atom is 0.107 e. The zero-order valence-corrected chi connectivity index (χ0v) is 11.2. The molecule has 0 N–H and O–H groups in total. The average Bonchev–Trinajstić information content (AvgIpc) is 2.86. The Morgan fingerprint density at radius 3 is 2.69 bits per heavy atom. The largest absolute Gasteiger partial charge is 0.297 e. The van der Waals surface area contributed by atoms with Crippen LogP contribution >= 0.6 is 24.0 Å². The van der Waals surface area contributed by atoms with E-state index in [1.54, 1.807) is 0 Å². The number of hydrogen-bond acceptors (Lipinski definition) is 4. The van der Waals surface area contributed by atoms with E-state index in [0.717, 1.165) is 18.2 Å². The van der Waals surface area contributed by atoms with E-state index in [2.05, 4.69) is 17.5 Å². The molecule has 0 unspecified atom stereocenters. The molecule has 1 saturated heterocycles. The number of thiol groups is 1. The molecule has 2 aliphatic rings. The second kappa shape index (κ2) is 4.67. The number of aromatic nitrogens is 1. The van der Waals surface area contributed by atoms with Gasteiger partial charge in [-0.05, 0) is 38.8 Å². The monoisotopic (exact) mass is 254 g/mol. The van der Waals surface area contributed by atoms with Crippen LogP contribution in [-0.2, 0) is 12.3 Å². The Bertz CT molecular complexity index is 365. The van der Waals surface area contributed by atoms with E-state index in [9.17, 15) is 0 Å². The van der Waals surface area contributed by atoms with Crippen LogP contribution in [0.4, 0.5) is 0 Å². The Hall–Kier alpha value is -0.0600. The van der Waals surface area contributed by atoms with Crippen LogP contribution < -0.4 is 0 Å². The van der Waals surface area contributed by atoms with Gasteiger partial charge in [-0.1, -0.05) is 0 Å². The van der Waals surface area contributed by atoms with Gasteiger partial charge in [0.1, 0.15) is 5.01 Å². The van der Waals surface area contributed by atoms with Gasteiger partial charge in [-0.2, -0.15) is 12.6 Å².